The zero-order valence-corrected chi connectivity index (χ0v) is 21.0. The third-order valence-electron chi connectivity index (χ3n) is 5.02. The standard InChI is InChI=1S/C15H15N3O2S.C12H8N2.Cu/c1-20-13-9-5-6-11(14(13)19)10-16-18-15(21)17-12-7-3-2-4-8-12;1-3-9-5-6-10-4-2-8-14-12(10)11(9)13-7-1;/h2-10,19H,1H3,(H2,17,18,21);1-8H;/q;;+2/p+1. The fourth-order valence-electron chi connectivity index (χ4n) is 3.35. The number of fused-ring (bicyclic) bond motifs is 3. The number of nitrogens with zero attached hydrogens (tertiary/aromatic N) is 3. The molecule has 0 amide bonds. The maximum absolute atomic E-state index is 7.92. The van der Waals surface area contributed by atoms with E-state index in [0.29, 0.717) is 16.4 Å². The first kappa shape index (κ1) is 26.6. The number of hydrogen-bond acceptors (Lipinski definition) is 5. The molecule has 5 rings (SSSR count). The Kier molecular flexibility index (Phi) is 9.71. The topological polar surface area (TPSA) is 94.3 Å². The molecular weight excluding hydrogens is 522 g/mol. The first-order chi connectivity index (χ1) is 17.2. The number of methoxy groups -OCH3 is 1. The van der Waals surface area contributed by atoms with Crippen LogP contribution in [0.25, 0.3) is 21.8 Å². The first-order valence-electron chi connectivity index (χ1n) is 10.8. The van der Waals surface area contributed by atoms with Crippen molar-refractivity contribution < 1.29 is 26.9 Å². The summed E-state index contributed by atoms with van der Waals surface area (Å²) in [7, 11) is 1.53. The van der Waals surface area contributed by atoms with E-state index in [2.05, 4.69) is 50.1 Å². The van der Waals surface area contributed by atoms with E-state index in [9.17, 15) is 0 Å². The van der Waals surface area contributed by atoms with Crippen LogP contribution in [0.4, 0.5) is 5.69 Å². The molecule has 2 heterocycles. The molecule has 0 spiro atoms. The van der Waals surface area contributed by atoms with Gasteiger partial charge in [0.15, 0.2) is 5.11 Å². The van der Waals surface area contributed by atoms with Gasteiger partial charge in [-0.2, -0.15) is 5.10 Å². The van der Waals surface area contributed by atoms with Gasteiger partial charge >= 0.3 is 22.8 Å². The minimum atomic E-state index is 0. The molecule has 4 N–H and O–H groups in total. The molecule has 7 nitrogen and oxygen atoms in total. The summed E-state index contributed by atoms with van der Waals surface area (Å²) < 4.78 is 5.08. The minimum absolute atomic E-state index is 0. The Balaban J connectivity index is 0.000000208. The summed E-state index contributed by atoms with van der Waals surface area (Å²) >= 11 is 5.13. The quantitative estimate of drug-likeness (QED) is 0.0801. The SMILES string of the molecule is COc1cccc(C=NNC(=S)Nc2ccccc2)c1[OH2+].[Cu+2].c1cnc2c(c1)ccc1cccnc12. The van der Waals surface area contributed by atoms with Crippen molar-refractivity contribution in [3.8, 4) is 11.5 Å². The van der Waals surface area contributed by atoms with Crippen LogP contribution in [0.3, 0.4) is 0 Å². The molecule has 0 saturated heterocycles. The molecular formula is C27H24CuN5O2S+3. The predicted molar refractivity (Wildman–Crippen MR) is 146 cm³/mol. The van der Waals surface area contributed by atoms with Crippen LogP contribution in [0, 0.1) is 0 Å². The molecule has 1 radical (unpaired) electrons. The Bertz CT molecular complexity index is 1430. The van der Waals surface area contributed by atoms with Gasteiger partial charge in [0.2, 0.25) is 5.75 Å². The molecule has 36 heavy (non-hydrogen) atoms. The summed E-state index contributed by atoms with van der Waals surface area (Å²) in [6, 6.07) is 27.0. The number of pyridine rings is 2. The number of aromatic nitrogens is 2. The normalized spacial score (nSPS) is 10.2. The van der Waals surface area contributed by atoms with E-state index in [1.54, 1.807) is 30.6 Å². The van der Waals surface area contributed by atoms with Crippen LogP contribution in [-0.4, -0.2) is 33.5 Å². The zero-order chi connectivity index (χ0) is 24.5. The van der Waals surface area contributed by atoms with Crippen LogP contribution in [0.5, 0.6) is 11.5 Å². The molecule has 0 aliphatic heterocycles. The third kappa shape index (κ3) is 6.76. The van der Waals surface area contributed by atoms with Gasteiger partial charge in [-0.15, -0.1) is 0 Å². The van der Waals surface area contributed by atoms with E-state index < -0.39 is 0 Å². The fourth-order valence-corrected chi connectivity index (χ4v) is 3.52. The predicted octanol–water partition coefficient (Wildman–Crippen LogP) is 5.23. The van der Waals surface area contributed by atoms with Crippen molar-refractivity contribution >= 4 is 51.0 Å². The van der Waals surface area contributed by atoms with Crippen LogP contribution >= 0.6 is 12.2 Å². The maximum atomic E-state index is 7.92. The third-order valence-corrected chi connectivity index (χ3v) is 5.22. The molecule has 0 aliphatic carbocycles. The number of para-hydroxylation sites is 2. The second kappa shape index (κ2) is 13.2. The van der Waals surface area contributed by atoms with Gasteiger partial charge in [0.1, 0.15) is 0 Å². The number of hydrogen-bond donors (Lipinski definition) is 2. The fraction of sp³-hybridized carbons (Fsp3) is 0.0370. The molecule has 0 fully saturated rings. The number of nitrogens with one attached hydrogen (secondary N) is 2. The van der Waals surface area contributed by atoms with Crippen molar-refractivity contribution in [2.75, 3.05) is 12.4 Å². The molecule has 0 unspecified atom stereocenters. The molecule has 0 saturated carbocycles. The maximum Gasteiger partial charge on any atom is 2.00 e. The molecule has 0 aliphatic rings. The number of thiocarbonyl (C=S) groups is 1. The summed E-state index contributed by atoms with van der Waals surface area (Å²) in [5.41, 5.74) is 6.19. The van der Waals surface area contributed by atoms with E-state index in [-0.39, 0.29) is 22.8 Å². The molecule has 183 valence electrons. The number of anilines is 1. The summed E-state index contributed by atoms with van der Waals surface area (Å²) in [6.07, 6.45) is 5.14. The summed E-state index contributed by atoms with van der Waals surface area (Å²) in [5, 5.41) is 17.6. The zero-order valence-electron chi connectivity index (χ0n) is 19.3. The van der Waals surface area contributed by atoms with Crippen molar-refractivity contribution in [2.24, 2.45) is 5.10 Å². The van der Waals surface area contributed by atoms with Gasteiger partial charge in [-0.05, 0) is 48.6 Å². The van der Waals surface area contributed by atoms with Crippen molar-refractivity contribution in [2.45, 2.75) is 0 Å². The van der Waals surface area contributed by atoms with Gasteiger partial charge in [0, 0.05) is 28.9 Å². The molecule has 0 atom stereocenters. The van der Waals surface area contributed by atoms with E-state index in [1.807, 2.05) is 42.5 Å². The van der Waals surface area contributed by atoms with Crippen molar-refractivity contribution in [3.05, 3.63) is 103 Å². The smallest absolute Gasteiger partial charge is 0.590 e. The van der Waals surface area contributed by atoms with E-state index >= 15 is 0 Å². The van der Waals surface area contributed by atoms with Crippen LogP contribution in [0.1, 0.15) is 5.56 Å². The van der Waals surface area contributed by atoms with Crippen LogP contribution in [0.15, 0.2) is 102 Å². The first-order valence-corrected chi connectivity index (χ1v) is 11.2. The molecule has 5 aromatic rings. The van der Waals surface area contributed by atoms with Crippen molar-refractivity contribution in [1.82, 2.24) is 15.4 Å². The molecule has 3 aromatic carbocycles. The monoisotopic (exact) mass is 545 g/mol. The molecule has 2 aromatic heterocycles. The van der Waals surface area contributed by atoms with Crippen LogP contribution in [-0.2, 0) is 17.1 Å². The van der Waals surface area contributed by atoms with Gasteiger partial charge in [-0.1, -0.05) is 48.5 Å². The molecule has 9 heteroatoms. The van der Waals surface area contributed by atoms with Crippen LogP contribution < -0.4 is 15.5 Å². The van der Waals surface area contributed by atoms with Gasteiger partial charge in [-0.3, -0.25) is 15.4 Å². The van der Waals surface area contributed by atoms with Gasteiger partial charge in [-0.25, -0.2) is 0 Å². The summed E-state index contributed by atoms with van der Waals surface area (Å²) in [6.45, 7) is 0. The van der Waals surface area contributed by atoms with Crippen molar-refractivity contribution in [1.29, 1.82) is 0 Å². The van der Waals surface area contributed by atoms with E-state index in [4.69, 9.17) is 22.1 Å². The van der Waals surface area contributed by atoms with Crippen LogP contribution in [0.2, 0.25) is 0 Å². The van der Waals surface area contributed by atoms with Crippen molar-refractivity contribution in [3.63, 3.8) is 0 Å². The number of hydrazone groups is 1. The van der Waals surface area contributed by atoms with E-state index in [0.717, 1.165) is 27.5 Å². The summed E-state index contributed by atoms with van der Waals surface area (Å²) in [4.78, 5) is 8.69. The Hall–Kier alpha value is -4.04. The average molecular weight is 546 g/mol. The Morgan fingerprint density at radius 2 is 1.50 bits per heavy atom. The second-order valence-corrected chi connectivity index (χ2v) is 7.74. The Labute approximate surface area is 224 Å². The van der Waals surface area contributed by atoms with E-state index in [1.165, 1.54) is 13.3 Å². The largest absolute Gasteiger partial charge is 2.00 e. The second-order valence-electron chi connectivity index (χ2n) is 7.33. The van der Waals surface area contributed by atoms with Gasteiger partial charge < -0.3 is 15.2 Å². The number of rotatable bonds is 4. The molecule has 0 bridgehead atoms. The Morgan fingerprint density at radius 1 is 0.861 bits per heavy atom. The number of ether oxygens (including phenoxy) is 1. The minimum Gasteiger partial charge on any atom is -0.590 e. The summed E-state index contributed by atoms with van der Waals surface area (Å²) in [5.74, 6) is 0.788. The van der Waals surface area contributed by atoms with Gasteiger partial charge in [0.05, 0.1) is 29.9 Å². The Morgan fingerprint density at radius 3 is 2.11 bits per heavy atom. The number of benzene rings is 3. The average Bonchev–Trinajstić information content (AvgIpc) is 2.90. The van der Waals surface area contributed by atoms with Gasteiger partial charge in [0.25, 0.3) is 0 Å².